The molecule has 3 fully saturated rings. The van der Waals surface area contributed by atoms with Crippen LogP contribution < -0.4 is 15.8 Å². The lowest BCUT2D eigenvalue weighted by Gasteiger charge is -2.38. The quantitative estimate of drug-likeness (QED) is 0.376. The van der Waals surface area contributed by atoms with Gasteiger partial charge in [0.25, 0.3) is 5.56 Å². The Morgan fingerprint density at radius 2 is 1.69 bits per heavy atom. The lowest BCUT2D eigenvalue weighted by atomic mass is 9.82. The van der Waals surface area contributed by atoms with Gasteiger partial charge in [0, 0.05) is 57.0 Å². The highest BCUT2D eigenvalue weighted by molar-refractivity contribution is 5.99. The average Bonchev–Trinajstić information content (AvgIpc) is 3.53. The number of carbonyl (C=O) groups is 1. The number of aliphatic hydroxyl groups is 1. The van der Waals surface area contributed by atoms with Gasteiger partial charge in [-0.05, 0) is 81.9 Å². The molecule has 2 N–H and O–H groups in total. The summed E-state index contributed by atoms with van der Waals surface area (Å²) < 4.78 is 1.73. The van der Waals surface area contributed by atoms with E-state index in [-0.39, 0.29) is 22.9 Å². The highest BCUT2D eigenvalue weighted by Crippen LogP contribution is 2.32. The second-order valence-electron chi connectivity index (χ2n) is 12.5. The number of Topliss-reactive ketones (excluding diaryl/α,β-unsaturated/α-hetero) is 1. The van der Waals surface area contributed by atoms with Crippen LogP contribution in [0.25, 0.3) is 11.0 Å². The number of aryl methyl sites for hydroxylation is 1. The Kier molecular flexibility index (Phi) is 8.53. The molecule has 4 heterocycles. The number of nitrogens with one attached hydrogen (secondary N) is 1. The number of fused-ring (bicyclic) bond motifs is 1. The van der Waals surface area contributed by atoms with Crippen LogP contribution in [0.3, 0.4) is 0 Å². The van der Waals surface area contributed by atoms with E-state index in [1.807, 2.05) is 12.3 Å². The maximum absolute atomic E-state index is 13.5. The van der Waals surface area contributed by atoms with Crippen LogP contribution >= 0.6 is 0 Å². The van der Waals surface area contributed by atoms with Crippen LogP contribution in [0.2, 0.25) is 0 Å². The van der Waals surface area contributed by atoms with Crippen LogP contribution in [-0.4, -0.2) is 74.6 Å². The molecule has 42 heavy (non-hydrogen) atoms. The zero-order valence-electron chi connectivity index (χ0n) is 24.9. The number of carbonyl (C=O) groups excluding carboxylic acids is 1. The SMILES string of the molecule is CC(=O)c1c(C)c2cnc(Nc3ccc(N4CCN(CC5CCC(CO)CC5)CC4)cn3)nc2n(C2CCCC2)c1=O. The van der Waals surface area contributed by atoms with Crippen LogP contribution in [0.1, 0.15) is 80.3 Å². The summed E-state index contributed by atoms with van der Waals surface area (Å²) in [5, 5.41) is 13.4. The van der Waals surface area contributed by atoms with E-state index in [4.69, 9.17) is 4.98 Å². The fraction of sp³-hybridized carbons (Fsp3) is 0.594. The molecular formula is C32H43N7O3. The van der Waals surface area contributed by atoms with Gasteiger partial charge >= 0.3 is 0 Å². The first-order chi connectivity index (χ1) is 20.4. The van der Waals surface area contributed by atoms with Gasteiger partial charge < -0.3 is 15.3 Å². The first kappa shape index (κ1) is 28.7. The lowest BCUT2D eigenvalue weighted by Crippen LogP contribution is -2.48. The van der Waals surface area contributed by atoms with Crippen molar-refractivity contribution in [1.29, 1.82) is 0 Å². The molecule has 3 aliphatic rings. The van der Waals surface area contributed by atoms with Gasteiger partial charge in [-0.2, -0.15) is 4.98 Å². The molecule has 10 heteroatoms. The summed E-state index contributed by atoms with van der Waals surface area (Å²) in [6.07, 6.45) is 12.4. The normalized spacial score (nSPS) is 22.1. The maximum Gasteiger partial charge on any atom is 0.263 e. The van der Waals surface area contributed by atoms with Crippen LogP contribution in [-0.2, 0) is 0 Å². The summed E-state index contributed by atoms with van der Waals surface area (Å²) in [4.78, 5) is 44.8. The summed E-state index contributed by atoms with van der Waals surface area (Å²) in [5.74, 6) is 2.07. The predicted octanol–water partition coefficient (Wildman–Crippen LogP) is 4.48. The van der Waals surface area contributed by atoms with Gasteiger partial charge in [0.05, 0.1) is 17.4 Å². The Balaban J connectivity index is 1.12. The Bertz CT molecular complexity index is 1470. The standard InChI is InChI=1S/C32H43N7O3/c1-21-27-18-34-32(36-30(27)39(25-5-3-4-6-25)31(42)29(21)22(2)41)35-28-12-11-26(17-33-28)38-15-13-37(14-16-38)19-23-7-9-24(20-40)10-8-23/h11-12,17-18,23-25,40H,3-10,13-16,19-20H2,1-2H3,(H,33,34,35,36). The molecule has 0 aromatic carbocycles. The van der Waals surface area contributed by atoms with Gasteiger partial charge in [-0.3, -0.25) is 19.1 Å². The smallest absolute Gasteiger partial charge is 0.263 e. The van der Waals surface area contributed by atoms with Crippen molar-refractivity contribution in [2.45, 2.75) is 71.3 Å². The molecule has 1 saturated heterocycles. The van der Waals surface area contributed by atoms with Crippen LogP contribution in [0.15, 0.2) is 29.3 Å². The van der Waals surface area contributed by atoms with Gasteiger partial charge in [-0.25, -0.2) is 9.97 Å². The van der Waals surface area contributed by atoms with E-state index in [0.717, 1.165) is 81.7 Å². The number of nitrogens with zero attached hydrogens (tertiary/aromatic N) is 6. The van der Waals surface area contributed by atoms with Gasteiger partial charge in [-0.1, -0.05) is 12.8 Å². The van der Waals surface area contributed by atoms with Crippen LogP contribution in [0.4, 0.5) is 17.5 Å². The lowest BCUT2D eigenvalue weighted by molar-refractivity contribution is 0.101. The van der Waals surface area contributed by atoms with Gasteiger partial charge in [0.15, 0.2) is 5.78 Å². The van der Waals surface area contributed by atoms with Crippen molar-refractivity contribution < 1.29 is 9.90 Å². The minimum Gasteiger partial charge on any atom is -0.396 e. The van der Waals surface area contributed by atoms with Crippen LogP contribution in [0, 0.1) is 18.8 Å². The largest absolute Gasteiger partial charge is 0.396 e. The minimum atomic E-state index is -0.249. The van der Waals surface area contributed by atoms with E-state index >= 15 is 0 Å². The van der Waals surface area contributed by atoms with E-state index in [9.17, 15) is 14.7 Å². The number of piperazine rings is 1. The monoisotopic (exact) mass is 573 g/mol. The first-order valence-electron chi connectivity index (χ1n) is 15.6. The number of hydrogen-bond donors (Lipinski definition) is 2. The molecule has 6 rings (SSSR count). The van der Waals surface area contributed by atoms with Gasteiger partial charge in [-0.15, -0.1) is 0 Å². The van der Waals surface area contributed by atoms with Crippen molar-refractivity contribution >= 4 is 34.3 Å². The Morgan fingerprint density at radius 1 is 0.976 bits per heavy atom. The third-order valence-corrected chi connectivity index (χ3v) is 9.72. The highest BCUT2D eigenvalue weighted by atomic mass is 16.3. The minimum absolute atomic E-state index is 0.0422. The van der Waals surface area contributed by atoms with Gasteiger partial charge in [0.2, 0.25) is 5.95 Å². The number of rotatable bonds is 8. The zero-order valence-corrected chi connectivity index (χ0v) is 24.9. The molecule has 0 atom stereocenters. The molecular weight excluding hydrogens is 530 g/mol. The molecule has 2 saturated carbocycles. The van der Waals surface area contributed by atoms with Crippen molar-refractivity contribution in [3.05, 3.63) is 46.0 Å². The van der Waals surface area contributed by atoms with Gasteiger partial charge in [0.1, 0.15) is 11.5 Å². The van der Waals surface area contributed by atoms with Crippen molar-refractivity contribution in [3.8, 4) is 0 Å². The third kappa shape index (κ3) is 5.92. The second-order valence-corrected chi connectivity index (χ2v) is 12.5. The Hall–Kier alpha value is -3.37. The van der Waals surface area contributed by atoms with Crippen molar-refractivity contribution in [2.24, 2.45) is 11.8 Å². The molecule has 3 aromatic rings. The number of aliphatic hydroxyl groups excluding tert-OH is 1. The summed E-state index contributed by atoms with van der Waals surface area (Å²) in [6, 6.07) is 4.07. The van der Waals surface area contributed by atoms with Crippen molar-refractivity contribution in [3.63, 3.8) is 0 Å². The zero-order chi connectivity index (χ0) is 29.2. The van der Waals surface area contributed by atoms with Crippen LogP contribution in [0.5, 0.6) is 0 Å². The van der Waals surface area contributed by atoms with E-state index < -0.39 is 0 Å². The maximum atomic E-state index is 13.5. The number of hydrogen-bond acceptors (Lipinski definition) is 9. The molecule has 0 amide bonds. The number of aromatic nitrogens is 4. The van der Waals surface area contributed by atoms with Crippen molar-refractivity contribution in [2.75, 3.05) is 49.5 Å². The summed E-state index contributed by atoms with van der Waals surface area (Å²) in [7, 11) is 0. The molecule has 2 aliphatic carbocycles. The number of ketones is 1. The summed E-state index contributed by atoms with van der Waals surface area (Å²) >= 11 is 0. The Labute approximate surface area is 247 Å². The predicted molar refractivity (Wildman–Crippen MR) is 165 cm³/mol. The first-order valence-corrected chi connectivity index (χ1v) is 15.6. The van der Waals surface area contributed by atoms with E-state index in [0.29, 0.717) is 35.5 Å². The molecule has 3 aromatic heterocycles. The fourth-order valence-electron chi connectivity index (χ4n) is 7.22. The molecule has 0 bridgehead atoms. The van der Waals surface area contributed by atoms with E-state index in [1.165, 1.54) is 26.3 Å². The molecule has 0 unspecified atom stereocenters. The molecule has 1 aliphatic heterocycles. The molecule has 224 valence electrons. The van der Waals surface area contributed by atoms with Crippen molar-refractivity contribution in [1.82, 2.24) is 24.4 Å². The Morgan fingerprint density at radius 3 is 2.33 bits per heavy atom. The second kappa shape index (κ2) is 12.5. The van der Waals surface area contributed by atoms with E-state index in [2.05, 4.69) is 31.2 Å². The highest BCUT2D eigenvalue weighted by Gasteiger charge is 2.27. The fourth-order valence-corrected chi connectivity index (χ4v) is 7.22. The molecule has 10 nitrogen and oxygen atoms in total. The summed E-state index contributed by atoms with van der Waals surface area (Å²) in [5.41, 5.74) is 2.30. The summed E-state index contributed by atoms with van der Waals surface area (Å²) in [6.45, 7) is 8.84. The molecule has 0 spiro atoms. The topological polar surface area (TPSA) is 116 Å². The van der Waals surface area contributed by atoms with E-state index in [1.54, 1.807) is 17.7 Å². The third-order valence-electron chi connectivity index (χ3n) is 9.72. The average molecular weight is 574 g/mol. The number of anilines is 3. The molecule has 0 radical (unpaired) electrons. The number of pyridine rings is 2.